The maximum Gasteiger partial charge on any atom is 0.135 e. The number of hydrogen-bond acceptors (Lipinski definition) is 2. The van der Waals surface area contributed by atoms with Gasteiger partial charge in [0.25, 0.3) is 0 Å². The van der Waals surface area contributed by atoms with Crippen molar-refractivity contribution in [2.24, 2.45) is 0 Å². The molecular weight excluding hydrogens is 282 g/mol. The molecule has 116 valence electrons. The van der Waals surface area contributed by atoms with Gasteiger partial charge in [0, 0.05) is 23.0 Å². The van der Waals surface area contributed by atoms with E-state index in [1.165, 1.54) is 5.56 Å². The minimum absolute atomic E-state index is 0.432. The van der Waals surface area contributed by atoms with Gasteiger partial charge in [-0.3, -0.25) is 4.98 Å². The Morgan fingerprint density at radius 1 is 0.913 bits per heavy atom. The van der Waals surface area contributed by atoms with Crippen molar-refractivity contribution in [1.82, 2.24) is 4.98 Å². The third-order valence-corrected chi connectivity index (χ3v) is 3.79. The summed E-state index contributed by atoms with van der Waals surface area (Å²) < 4.78 is 6.07. The maximum absolute atomic E-state index is 6.07. The van der Waals surface area contributed by atoms with Crippen molar-refractivity contribution in [3.8, 4) is 22.6 Å². The van der Waals surface area contributed by atoms with Crippen LogP contribution in [0, 0.1) is 6.92 Å². The number of nitrogens with zero attached hydrogens (tertiary/aromatic N) is 1. The first kappa shape index (κ1) is 15.3. The minimum atomic E-state index is 0.432. The number of rotatable bonds is 4. The fourth-order valence-corrected chi connectivity index (χ4v) is 2.48. The van der Waals surface area contributed by atoms with E-state index in [4.69, 9.17) is 4.74 Å². The molecule has 0 saturated heterocycles. The van der Waals surface area contributed by atoms with Crippen LogP contribution in [0.15, 0.2) is 66.9 Å². The highest BCUT2D eigenvalue weighted by Crippen LogP contribution is 2.34. The van der Waals surface area contributed by atoms with Crippen LogP contribution in [0.3, 0.4) is 0 Å². The van der Waals surface area contributed by atoms with Crippen molar-refractivity contribution in [2.75, 3.05) is 0 Å². The van der Waals surface area contributed by atoms with Gasteiger partial charge in [0.05, 0.1) is 0 Å². The van der Waals surface area contributed by atoms with E-state index in [0.29, 0.717) is 5.92 Å². The van der Waals surface area contributed by atoms with Gasteiger partial charge < -0.3 is 4.74 Å². The van der Waals surface area contributed by atoms with Crippen molar-refractivity contribution >= 4 is 0 Å². The van der Waals surface area contributed by atoms with Crippen LogP contribution in [-0.2, 0) is 0 Å². The lowest BCUT2D eigenvalue weighted by atomic mass is 10.0. The molecule has 2 heteroatoms. The van der Waals surface area contributed by atoms with Gasteiger partial charge >= 0.3 is 0 Å². The number of ether oxygens (including phenoxy) is 1. The highest BCUT2D eigenvalue weighted by molar-refractivity contribution is 5.71. The molecule has 1 heterocycles. The summed E-state index contributed by atoms with van der Waals surface area (Å²) in [6.45, 7) is 6.39. The second kappa shape index (κ2) is 6.66. The smallest absolute Gasteiger partial charge is 0.135 e. The predicted octanol–water partition coefficient (Wildman–Crippen LogP) is 5.97. The molecule has 0 spiro atoms. The lowest BCUT2D eigenvalue weighted by Crippen LogP contribution is -1.94. The summed E-state index contributed by atoms with van der Waals surface area (Å²) in [5, 5.41) is 0. The molecule has 0 N–H and O–H groups in total. The van der Waals surface area contributed by atoms with Gasteiger partial charge in [-0.25, -0.2) is 0 Å². The topological polar surface area (TPSA) is 22.1 Å². The Hall–Kier alpha value is -2.61. The molecule has 0 bridgehead atoms. The molecule has 0 aliphatic rings. The summed E-state index contributed by atoms with van der Waals surface area (Å²) >= 11 is 0. The number of benzene rings is 2. The fraction of sp³-hybridized carbons (Fsp3) is 0.190. The molecule has 1 aromatic heterocycles. The Labute approximate surface area is 137 Å². The van der Waals surface area contributed by atoms with Crippen LogP contribution >= 0.6 is 0 Å². The summed E-state index contributed by atoms with van der Waals surface area (Å²) in [5.74, 6) is 2.12. The first-order valence-corrected chi connectivity index (χ1v) is 7.93. The third-order valence-electron chi connectivity index (χ3n) is 3.79. The molecule has 0 atom stereocenters. The van der Waals surface area contributed by atoms with Crippen molar-refractivity contribution in [2.45, 2.75) is 26.7 Å². The minimum Gasteiger partial charge on any atom is -0.457 e. The van der Waals surface area contributed by atoms with Crippen molar-refractivity contribution in [1.29, 1.82) is 0 Å². The molecule has 2 nitrogen and oxygen atoms in total. The average molecular weight is 303 g/mol. The van der Waals surface area contributed by atoms with E-state index in [1.807, 2.05) is 42.6 Å². The largest absolute Gasteiger partial charge is 0.457 e. The highest BCUT2D eigenvalue weighted by atomic mass is 16.5. The summed E-state index contributed by atoms with van der Waals surface area (Å²) in [7, 11) is 0. The predicted molar refractivity (Wildman–Crippen MR) is 95.0 cm³/mol. The molecule has 2 aromatic carbocycles. The molecule has 0 aliphatic heterocycles. The zero-order valence-corrected chi connectivity index (χ0v) is 13.8. The van der Waals surface area contributed by atoms with Crippen LogP contribution in [-0.4, -0.2) is 4.98 Å². The van der Waals surface area contributed by atoms with Crippen molar-refractivity contribution < 1.29 is 4.74 Å². The molecule has 0 radical (unpaired) electrons. The number of para-hydroxylation sites is 1. The lowest BCUT2D eigenvalue weighted by molar-refractivity contribution is 0.484. The SMILES string of the molecule is Cc1ccc(Oc2ccccc2)c(-c2ccc(C(C)C)nc2)c1. The summed E-state index contributed by atoms with van der Waals surface area (Å²) in [5.41, 5.74) is 4.45. The normalized spacial score (nSPS) is 10.8. The number of aromatic nitrogens is 1. The highest BCUT2D eigenvalue weighted by Gasteiger charge is 2.09. The van der Waals surface area contributed by atoms with Gasteiger partial charge in [-0.05, 0) is 43.2 Å². The van der Waals surface area contributed by atoms with Gasteiger partial charge in [0.2, 0.25) is 0 Å². The van der Waals surface area contributed by atoms with Gasteiger partial charge in [-0.1, -0.05) is 49.7 Å². The van der Waals surface area contributed by atoms with E-state index >= 15 is 0 Å². The van der Waals surface area contributed by atoms with E-state index in [2.05, 4.69) is 50.0 Å². The molecular formula is C21H21NO. The standard InChI is InChI=1S/C21H21NO/c1-15(2)20-11-10-17(14-22-20)19-13-16(3)9-12-21(19)23-18-7-5-4-6-8-18/h4-15H,1-3H3. The molecule has 3 rings (SSSR count). The Balaban J connectivity index is 1.99. The Morgan fingerprint density at radius 3 is 2.35 bits per heavy atom. The molecule has 0 amide bonds. The lowest BCUT2D eigenvalue weighted by Gasteiger charge is -2.13. The average Bonchev–Trinajstić information content (AvgIpc) is 2.57. The van der Waals surface area contributed by atoms with Crippen LogP contribution in [0.2, 0.25) is 0 Å². The Kier molecular flexibility index (Phi) is 4.42. The molecule has 0 aliphatic carbocycles. The summed E-state index contributed by atoms with van der Waals surface area (Å²) in [4.78, 5) is 4.58. The summed E-state index contributed by atoms with van der Waals surface area (Å²) in [6, 6.07) is 20.3. The van der Waals surface area contributed by atoms with Gasteiger partial charge in [0.1, 0.15) is 11.5 Å². The third kappa shape index (κ3) is 3.59. The second-order valence-corrected chi connectivity index (χ2v) is 6.04. The van der Waals surface area contributed by atoms with Crippen LogP contribution < -0.4 is 4.74 Å². The first-order chi connectivity index (χ1) is 11.1. The summed E-state index contributed by atoms with van der Waals surface area (Å²) in [6.07, 6.45) is 1.93. The molecule has 0 fully saturated rings. The first-order valence-electron chi connectivity index (χ1n) is 7.93. The van der Waals surface area contributed by atoms with E-state index < -0.39 is 0 Å². The van der Waals surface area contributed by atoms with Crippen LogP contribution in [0.4, 0.5) is 0 Å². The Bertz CT molecular complexity index is 777. The Morgan fingerprint density at radius 2 is 1.70 bits per heavy atom. The van der Waals surface area contributed by atoms with Crippen LogP contribution in [0.1, 0.15) is 31.0 Å². The van der Waals surface area contributed by atoms with Crippen LogP contribution in [0.25, 0.3) is 11.1 Å². The maximum atomic E-state index is 6.07. The number of aryl methyl sites for hydroxylation is 1. The molecule has 0 unspecified atom stereocenters. The molecule has 3 aromatic rings. The van der Waals surface area contributed by atoms with E-state index in [9.17, 15) is 0 Å². The second-order valence-electron chi connectivity index (χ2n) is 6.04. The van der Waals surface area contributed by atoms with E-state index in [-0.39, 0.29) is 0 Å². The van der Waals surface area contributed by atoms with Gasteiger partial charge in [-0.2, -0.15) is 0 Å². The van der Waals surface area contributed by atoms with Crippen LogP contribution in [0.5, 0.6) is 11.5 Å². The number of pyridine rings is 1. The number of hydrogen-bond donors (Lipinski definition) is 0. The van der Waals surface area contributed by atoms with Crippen molar-refractivity contribution in [3.63, 3.8) is 0 Å². The van der Waals surface area contributed by atoms with Gasteiger partial charge in [-0.15, -0.1) is 0 Å². The quantitative estimate of drug-likeness (QED) is 0.592. The monoisotopic (exact) mass is 303 g/mol. The molecule has 0 saturated carbocycles. The van der Waals surface area contributed by atoms with Gasteiger partial charge in [0.15, 0.2) is 0 Å². The molecule has 23 heavy (non-hydrogen) atoms. The van der Waals surface area contributed by atoms with Crippen molar-refractivity contribution in [3.05, 3.63) is 78.1 Å². The zero-order valence-electron chi connectivity index (χ0n) is 13.8. The fourth-order valence-electron chi connectivity index (χ4n) is 2.48. The van der Waals surface area contributed by atoms with E-state index in [1.54, 1.807) is 0 Å². The van der Waals surface area contributed by atoms with E-state index in [0.717, 1.165) is 28.3 Å². The zero-order chi connectivity index (χ0) is 16.2.